The molecule has 0 fully saturated rings. The summed E-state index contributed by atoms with van der Waals surface area (Å²) in [5, 5.41) is 18.3. The normalized spacial score (nSPS) is 11.3. The molecule has 4 rings (SSSR count). The lowest BCUT2D eigenvalue weighted by Crippen LogP contribution is -2.15. The van der Waals surface area contributed by atoms with Gasteiger partial charge in [0.2, 0.25) is 10.3 Å². The van der Waals surface area contributed by atoms with E-state index in [0.717, 1.165) is 45.6 Å². The summed E-state index contributed by atoms with van der Waals surface area (Å²) in [4.78, 5) is 14.9. The molecule has 36 heavy (non-hydrogen) atoms. The molecule has 4 aromatic rings. The summed E-state index contributed by atoms with van der Waals surface area (Å²) in [7, 11) is 4.03. The summed E-state index contributed by atoms with van der Waals surface area (Å²) in [6.45, 7) is 9.10. The van der Waals surface area contributed by atoms with Crippen LogP contribution in [0.15, 0.2) is 107 Å². The smallest absolute Gasteiger partial charge is 0.230 e. The van der Waals surface area contributed by atoms with E-state index in [-0.39, 0.29) is 0 Å². The highest BCUT2D eigenvalue weighted by Gasteiger charge is 2.09. The fourth-order valence-corrected chi connectivity index (χ4v) is 4.73. The minimum atomic E-state index is 0.580. The van der Waals surface area contributed by atoms with Crippen molar-refractivity contribution in [2.75, 3.05) is 37.0 Å². The van der Waals surface area contributed by atoms with Crippen molar-refractivity contribution in [2.24, 2.45) is 20.5 Å². The molecule has 0 aliphatic heterocycles. The van der Waals surface area contributed by atoms with Crippen LogP contribution in [-0.2, 0) is 0 Å². The Hall–Kier alpha value is -4.02. The first-order valence-corrected chi connectivity index (χ1v) is 12.8. The Labute approximate surface area is 218 Å². The van der Waals surface area contributed by atoms with Gasteiger partial charge in [-0.3, -0.25) is 0 Å². The van der Waals surface area contributed by atoms with E-state index in [0.29, 0.717) is 10.3 Å². The Morgan fingerprint density at radius 3 is 1.42 bits per heavy atom. The molecular weight excluding hydrogens is 488 g/mol. The van der Waals surface area contributed by atoms with E-state index in [1.807, 2.05) is 74.8 Å². The molecule has 0 saturated heterocycles. The van der Waals surface area contributed by atoms with E-state index >= 15 is 0 Å². The van der Waals surface area contributed by atoms with Crippen LogP contribution >= 0.6 is 22.7 Å². The number of aromatic nitrogens is 2. The van der Waals surface area contributed by atoms with Crippen molar-refractivity contribution in [3.8, 4) is 9.75 Å². The van der Waals surface area contributed by atoms with Gasteiger partial charge in [-0.1, -0.05) is 34.8 Å². The van der Waals surface area contributed by atoms with Gasteiger partial charge >= 0.3 is 0 Å². The lowest BCUT2D eigenvalue weighted by Gasteiger charge is -2.16. The Kier molecular flexibility index (Phi) is 8.43. The second-order valence-corrected chi connectivity index (χ2v) is 9.80. The highest BCUT2D eigenvalue weighted by atomic mass is 32.1. The maximum atomic E-state index is 4.37. The van der Waals surface area contributed by atoms with Crippen molar-refractivity contribution < 1.29 is 0 Å². The molecule has 0 amide bonds. The number of hydrogen-bond donors (Lipinski definition) is 0. The summed E-state index contributed by atoms with van der Waals surface area (Å²) in [5.41, 5.74) is 3.72. The molecule has 0 spiro atoms. The van der Waals surface area contributed by atoms with Gasteiger partial charge in [0.05, 0.1) is 21.1 Å². The van der Waals surface area contributed by atoms with Crippen LogP contribution in [0.25, 0.3) is 9.75 Å². The lowest BCUT2D eigenvalue weighted by atomic mass is 10.2. The van der Waals surface area contributed by atoms with E-state index in [9.17, 15) is 0 Å². The van der Waals surface area contributed by atoms with Crippen LogP contribution in [0.2, 0.25) is 0 Å². The SMILES string of the molecule is C=CCN(C)c1ccc(/N=N/c2ncc(-c3cnc(/N=N/c4ccc(N(C)CC=C)cc4)s3)s2)cc1. The average Bonchev–Trinajstić information content (AvgIpc) is 3.57. The Morgan fingerprint density at radius 1 is 0.667 bits per heavy atom. The van der Waals surface area contributed by atoms with Crippen LogP contribution in [0.5, 0.6) is 0 Å². The number of thiazole rings is 2. The van der Waals surface area contributed by atoms with E-state index in [2.05, 4.69) is 53.4 Å². The molecule has 0 aliphatic rings. The zero-order valence-corrected chi connectivity index (χ0v) is 21.8. The van der Waals surface area contributed by atoms with Crippen molar-refractivity contribution in [1.82, 2.24) is 9.97 Å². The highest BCUT2D eigenvalue weighted by molar-refractivity contribution is 7.25. The summed E-state index contributed by atoms with van der Waals surface area (Å²) in [5.74, 6) is 0. The Balaban J connectivity index is 1.37. The summed E-state index contributed by atoms with van der Waals surface area (Å²) in [6.07, 6.45) is 7.29. The standard InChI is InChI=1S/C26H26N8S2/c1-5-15-33(3)21-11-7-19(8-12-21)29-31-25-27-17-23(35-25)24-18-28-26(36-24)32-30-20-9-13-22(14-10-20)34(4)16-6-2/h5-14,17-18H,1-2,15-16H2,3-4H3/b31-29+,32-30+. The fraction of sp³-hybridized carbons (Fsp3) is 0.154. The van der Waals surface area contributed by atoms with Gasteiger partial charge in [-0.15, -0.1) is 33.6 Å². The molecule has 0 radical (unpaired) electrons. The maximum absolute atomic E-state index is 4.37. The Bertz CT molecular complexity index is 1250. The first-order valence-electron chi connectivity index (χ1n) is 11.2. The van der Waals surface area contributed by atoms with Gasteiger partial charge in [-0.2, -0.15) is 0 Å². The Morgan fingerprint density at radius 2 is 1.06 bits per heavy atom. The van der Waals surface area contributed by atoms with Gasteiger partial charge in [0.25, 0.3) is 0 Å². The van der Waals surface area contributed by atoms with Crippen molar-refractivity contribution >= 4 is 55.7 Å². The monoisotopic (exact) mass is 514 g/mol. The van der Waals surface area contributed by atoms with Crippen LogP contribution in [0.1, 0.15) is 0 Å². The number of rotatable bonds is 11. The molecule has 182 valence electrons. The first-order chi connectivity index (χ1) is 17.6. The van der Waals surface area contributed by atoms with Gasteiger partial charge in [-0.25, -0.2) is 9.97 Å². The van der Waals surface area contributed by atoms with Gasteiger partial charge in [0.1, 0.15) is 0 Å². The van der Waals surface area contributed by atoms with Crippen LogP contribution in [0.3, 0.4) is 0 Å². The zero-order chi connectivity index (χ0) is 25.3. The predicted molar refractivity (Wildman–Crippen MR) is 151 cm³/mol. The topological polar surface area (TPSA) is 81.7 Å². The molecule has 10 heteroatoms. The second kappa shape index (κ2) is 12.1. The van der Waals surface area contributed by atoms with E-state index in [1.165, 1.54) is 22.7 Å². The van der Waals surface area contributed by atoms with Crippen molar-refractivity contribution in [2.45, 2.75) is 0 Å². The molecule has 0 aliphatic carbocycles. The van der Waals surface area contributed by atoms with Crippen LogP contribution in [0.4, 0.5) is 33.0 Å². The number of benzene rings is 2. The molecule has 0 bridgehead atoms. The first kappa shape index (κ1) is 25.1. The lowest BCUT2D eigenvalue weighted by molar-refractivity contribution is 1.03. The number of anilines is 2. The number of likely N-dealkylation sites (N-methyl/N-ethyl adjacent to an activating group) is 2. The minimum Gasteiger partial charge on any atom is -0.371 e. The summed E-state index contributed by atoms with van der Waals surface area (Å²) in [6, 6.07) is 15.8. The van der Waals surface area contributed by atoms with E-state index < -0.39 is 0 Å². The molecule has 2 heterocycles. The van der Waals surface area contributed by atoms with Gasteiger partial charge < -0.3 is 9.80 Å². The van der Waals surface area contributed by atoms with Crippen LogP contribution in [-0.4, -0.2) is 37.2 Å². The van der Waals surface area contributed by atoms with Gasteiger partial charge in [0, 0.05) is 51.0 Å². The van der Waals surface area contributed by atoms with Crippen LogP contribution in [0, 0.1) is 0 Å². The summed E-state index contributed by atoms with van der Waals surface area (Å²) >= 11 is 2.90. The maximum Gasteiger partial charge on any atom is 0.230 e. The molecule has 0 saturated carbocycles. The van der Waals surface area contributed by atoms with Gasteiger partial charge in [-0.05, 0) is 48.5 Å². The second-order valence-electron chi connectivity index (χ2n) is 7.79. The highest BCUT2D eigenvalue weighted by Crippen LogP contribution is 2.37. The molecule has 0 atom stereocenters. The third-order valence-corrected chi connectivity index (χ3v) is 7.08. The number of nitrogens with zero attached hydrogens (tertiary/aromatic N) is 8. The molecule has 8 nitrogen and oxygen atoms in total. The fourth-order valence-electron chi connectivity index (χ4n) is 3.20. The largest absolute Gasteiger partial charge is 0.371 e. The quantitative estimate of drug-likeness (QED) is 0.149. The molecular formula is C26H26N8S2. The predicted octanol–water partition coefficient (Wildman–Crippen LogP) is 8.34. The summed E-state index contributed by atoms with van der Waals surface area (Å²) < 4.78 is 0. The van der Waals surface area contributed by atoms with Crippen molar-refractivity contribution in [3.63, 3.8) is 0 Å². The zero-order valence-electron chi connectivity index (χ0n) is 20.2. The number of azo groups is 2. The van der Waals surface area contributed by atoms with Crippen LogP contribution < -0.4 is 9.80 Å². The van der Waals surface area contributed by atoms with E-state index in [4.69, 9.17) is 0 Å². The molecule has 0 N–H and O–H groups in total. The third kappa shape index (κ3) is 6.55. The van der Waals surface area contributed by atoms with Crippen molar-refractivity contribution in [3.05, 3.63) is 86.2 Å². The molecule has 2 aromatic carbocycles. The number of hydrogen-bond acceptors (Lipinski definition) is 10. The van der Waals surface area contributed by atoms with Gasteiger partial charge in [0.15, 0.2) is 0 Å². The molecule has 2 aromatic heterocycles. The average molecular weight is 515 g/mol. The minimum absolute atomic E-state index is 0.580. The van der Waals surface area contributed by atoms with E-state index in [1.54, 1.807) is 12.4 Å². The molecule has 0 unspecified atom stereocenters. The third-order valence-electron chi connectivity index (χ3n) is 5.12. The van der Waals surface area contributed by atoms with Crippen molar-refractivity contribution in [1.29, 1.82) is 0 Å².